The molecule has 88 valence electrons. The maximum absolute atomic E-state index is 11.1. The molecule has 0 atom stereocenters. The summed E-state index contributed by atoms with van der Waals surface area (Å²) in [5.41, 5.74) is 0. The molecule has 0 bridgehead atoms. The highest BCUT2D eigenvalue weighted by molar-refractivity contribution is 5.73. The van der Waals surface area contributed by atoms with E-state index in [0.717, 1.165) is 32.5 Å². The normalized spacial score (nSPS) is 18.1. The zero-order valence-electron chi connectivity index (χ0n) is 9.70. The van der Waals surface area contributed by atoms with Crippen molar-refractivity contribution < 1.29 is 14.3 Å². The maximum atomic E-state index is 11.1. The summed E-state index contributed by atoms with van der Waals surface area (Å²) in [5, 5.41) is 0. The van der Waals surface area contributed by atoms with Crippen LogP contribution >= 0.6 is 0 Å². The van der Waals surface area contributed by atoms with Crippen molar-refractivity contribution in [3.63, 3.8) is 0 Å². The Morgan fingerprint density at radius 3 is 2.53 bits per heavy atom. The quantitative estimate of drug-likeness (QED) is 0.643. The lowest BCUT2D eigenvalue weighted by Crippen LogP contribution is -2.39. The van der Waals surface area contributed by atoms with Crippen LogP contribution in [0.1, 0.15) is 26.7 Å². The minimum Gasteiger partial charge on any atom is -0.379 e. The molecule has 4 nitrogen and oxygen atoms in total. The van der Waals surface area contributed by atoms with Crippen LogP contribution < -0.4 is 0 Å². The summed E-state index contributed by atoms with van der Waals surface area (Å²) in [6.07, 6.45) is 2.21. The van der Waals surface area contributed by atoms with E-state index in [0.29, 0.717) is 19.3 Å². The Kier molecular flexibility index (Phi) is 5.65. The van der Waals surface area contributed by atoms with Gasteiger partial charge in [0.2, 0.25) is 5.91 Å². The van der Waals surface area contributed by atoms with Crippen molar-refractivity contribution in [1.82, 2.24) is 4.90 Å². The number of hydrogen-bond donors (Lipinski definition) is 0. The Bertz CT molecular complexity index is 188. The van der Waals surface area contributed by atoms with E-state index in [2.05, 4.69) is 0 Å². The van der Waals surface area contributed by atoms with Crippen molar-refractivity contribution >= 4 is 5.91 Å². The predicted octanol–water partition coefficient (Wildman–Crippen LogP) is 1.05. The van der Waals surface area contributed by atoms with Crippen LogP contribution in [0.5, 0.6) is 0 Å². The molecule has 4 heteroatoms. The Morgan fingerprint density at radius 1 is 1.33 bits per heavy atom. The highest BCUT2D eigenvalue weighted by Crippen LogP contribution is 2.13. The number of rotatable bonds is 5. The van der Waals surface area contributed by atoms with Crippen LogP contribution in [-0.4, -0.2) is 49.8 Å². The van der Waals surface area contributed by atoms with Crippen LogP contribution in [-0.2, 0) is 14.3 Å². The second kappa shape index (κ2) is 6.80. The molecule has 1 heterocycles. The lowest BCUT2D eigenvalue weighted by Gasteiger charge is -2.31. The molecule has 1 aliphatic heterocycles. The van der Waals surface area contributed by atoms with E-state index in [-0.39, 0.29) is 5.91 Å². The largest absolute Gasteiger partial charge is 0.379 e. The average Bonchev–Trinajstić information content (AvgIpc) is 2.25. The fourth-order valence-electron chi connectivity index (χ4n) is 1.76. The smallest absolute Gasteiger partial charge is 0.219 e. The fraction of sp³-hybridized carbons (Fsp3) is 0.909. The second-order valence-electron chi connectivity index (χ2n) is 3.77. The van der Waals surface area contributed by atoms with E-state index >= 15 is 0 Å². The molecule has 0 radical (unpaired) electrons. The van der Waals surface area contributed by atoms with Crippen LogP contribution in [0.2, 0.25) is 0 Å². The van der Waals surface area contributed by atoms with E-state index in [1.54, 1.807) is 6.92 Å². The van der Waals surface area contributed by atoms with Gasteiger partial charge < -0.3 is 14.4 Å². The number of hydrogen-bond acceptors (Lipinski definition) is 3. The van der Waals surface area contributed by atoms with E-state index in [4.69, 9.17) is 9.47 Å². The average molecular weight is 215 g/mol. The number of carbonyl (C=O) groups excluding carboxylic acids is 1. The Labute approximate surface area is 91.5 Å². The van der Waals surface area contributed by atoms with Crippen molar-refractivity contribution in [2.24, 2.45) is 0 Å². The van der Waals surface area contributed by atoms with Gasteiger partial charge in [0.05, 0.1) is 19.3 Å². The summed E-state index contributed by atoms with van der Waals surface area (Å²) < 4.78 is 10.8. The van der Waals surface area contributed by atoms with Crippen LogP contribution in [0.25, 0.3) is 0 Å². The highest BCUT2D eigenvalue weighted by atomic mass is 16.5. The number of piperidine rings is 1. The van der Waals surface area contributed by atoms with Gasteiger partial charge in [0.25, 0.3) is 0 Å². The van der Waals surface area contributed by atoms with Gasteiger partial charge in [0, 0.05) is 26.6 Å². The van der Waals surface area contributed by atoms with E-state index < -0.39 is 0 Å². The molecule has 1 aliphatic rings. The fourth-order valence-corrected chi connectivity index (χ4v) is 1.76. The van der Waals surface area contributed by atoms with E-state index in [9.17, 15) is 4.79 Å². The van der Waals surface area contributed by atoms with E-state index in [1.165, 1.54) is 0 Å². The summed E-state index contributed by atoms with van der Waals surface area (Å²) in [6.45, 7) is 7.33. The summed E-state index contributed by atoms with van der Waals surface area (Å²) in [4.78, 5) is 12.9. The van der Waals surface area contributed by atoms with Gasteiger partial charge in [0.1, 0.15) is 0 Å². The summed E-state index contributed by atoms with van der Waals surface area (Å²) in [5.74, 6) is 0.169. The molecule has 0 spiro atoms. The van der Waals surface area contributed by atoms with Crippen LogP contribution in [0.3, 0.4) is 0 Å². The van der Waals surface area contributed by atoms with Crippen LogP contribution in [0.15, 0.2) is 0 Å². The molecular weight excluding hydrogens is 194 g/mol. The van der Waals surface area contributed by atoms with Crippen molar-refractivity contribution in [1.29, 1.82) is 0 Å². The third kappa shape index (κ3) is 4.62. The van der Waals surface area contributed by atoms with E-state index in [1.807, 2.05) is 11.8 Å². The van der Waals surface area contributed by atoms with Gasteiger partial charge >= 0.3 is 0 Å². The summed E-state index contributed by atoms with van der Waals surface area (Å²) >= 11 is 0. The Balaban J connectivity index is 2.07. The van der Waals surface area contributed by atoms with Gasteiger partial charge in [-0.1, -0.05) is 0 Å². The number of amides is 1. The van der Waals surface area contributed by atoms with Gasteiger partial charge in [-0.15, -0.1) is 0 Å². The molecule has 1 fully saturated rings. The van der Waals surface area contributed by atoms with Crippen molar-refractivity contribution in [3.05, 3.63) is 0 Å². The first-order chi connectivity index (χ1) is 7.24. The molecule has 0 N–H and O–H groups in total. The molecule has 0 aromatic heterocycles. The monoisotopic (exact) mass is 215 g/mol. The van der Waals surface area contributed by atoms with Gasteiger partial charge in [-0.2, -0.15) is 0 Å². The molecule has 15 heavy (non-hydrogen) atoms. The number of carbonyl (C=O) groups is 1. The zero-order chi connectivity index (χ0) is 11.1. The third-order valence-electron chi connectivity index (χ3n) is 2.67. The molecule has 0 aromatic rings. The minimum atomic E-state index is 0.169. The third-order valence-corrected chi connectivity index (χ3v) is 2.67. The molecule has 0 aromatic carbocycles. The Morgan fingerprint density at radius 2 is 2.00 bits per heavy atom. The van der Waals surface area contributed by atoms with Crippen LogP contribution in [0, 0.1) is 0 Å². The number of ether oxygens (including phenoxy) is 2. The molecule has 1 rings (SSSR count). The number of likely N-dealkylation sites (tertiary alicyclic amines) is 1. The first-order valence-electron chi connectivity index (χ1n) is 5.69. The molecular formula is C11H21NO3. The predicted molar refractivity (Wildman–Crippen MR) is 57.7 cm³/mol. The molecule has 1 saturated heterocycles. The van der Waals surface area contributed by atoms with Gasteiger partial charge in [-0.3, -0.25) is 4.79 Å². The topological polar surface area (TPSA) is 38.8 Å². The maximum Gasteiger partial charge on any atom is 0.219 e. The SMILES string of the molecule is CCOCCOC1CCN(C(C)=O)CC1. The zero-order valence-corrected chi connectivity index (χ0v) is 9.70. The molecule has 1 amide bonds. The second-order valence-corrected chi connectivity index (χ2v) is 3.77. The van der Waals surface area contributed by atoms with Gasteiger partial charge in [0.15, 0.2) is 0 Å². The van der Waals surface area contributed by atoms with Gasteiger partial charge in [-0.05, 0) is 19.8 Å². The minimum absolute atomic E-state index is 0.169. The lowest BCUT2D eigenvalue weighted by atomic mass is 10.1. The Hall–Kier alpha value is -0.610. The van der Waals surface area contributed by atoms with Gasteiger partial charge in [-0.25, -0.2) is 0 Å². The molecule has 0 saturated carbocycles. The van der Waals surface area contributed by atoms with Crippen molar-refractivity contribution in [2.45, 2.75) is 32.8 Å². The first kappa shape index (κ1) is 12.5. The standard InChI is InChI=1S/C11H21NO3/c1-3-14-8-9-15-11-4-6-12(7-5-11)10(2)13/h11H,3-9H2,1-2H3. The van der Waals surface area contributed by atoms with Crippen LogP contribution in [0.4, 0.5) is 0 Å². The molecule has 0 unspecified atom stereocenters. The highest BCUT2D eigenvalue weighted by Gasteiger charge is 2.20. The number of nitrogens with zero attached hydrogens (tertiary/aromatic N) is 1. The lowest BCUT2D eigenvalue weighted by molar-refractivity contribution is -0.131. The summed E-state index contributed by atoms with van der Waals surface area (Å²) in [6, 6.07) is 0. The van der Waals surface area contributed by atoms with Crippen molar-refractivity contribution in [3.8, 4) is 0 Å². The van der Waals surface area contributed by atoms with Crippen molar-refractivity contribution in [2.75, 3.05) is 32.9 Å². The molecule has 0 aliphatic carbocycles. The first-order valence-corrected chi connectivity index (χ1v) is 5.69. The summed E-state index contributed by atoms with van der Waals surface area (Å²) in [7, 11) is 0.